The van der Waals surface area contributed by atoms with E-state index in [0.717, 1.165) is 38.5 Å². The van der Waals surface area contributed by atoms with Crippen LogP contribution >= 0.6 is 0 Å². The van der Waals surface area contributed by atoms with Crippen LogP contribution in [-0.4, -0.2) is 13.0 Å². The van der Waals surface area contributed by atoms with Crippen molar-refractivity contribution in [1.29, 1.82) is 0 Å². The van der Waals surface area contributed by atoms with Gasteiger partial charge in [0, 0.05) is 5.56 Å². The summed E-state index contributed by atoms with van der Waals surface area (Å²) < 4.78 is 62.1. The molecule has 2 aliphatic rings. The number of benzene rings is 1. The fourth-order valence-corrected chi connectivity index (χ4v) is 3.51. The van der Waals surface area contributed by atoms with E-state index in [1.165, 1.54) is 31.1 Å². The molecule has 0 spiro atoms. The van der Waals surface area contributed by atoms with Crippen molar-refractivity contribution in [2.45, 2.75) is 57.7 Å². The lowest BCUT2D eigenvalue weighted by Crippen LogP contribution is -2.19. The van der Waals surface area contributed by atoms with E-state index >= 15 is 0 Å². The maximum atomic E-state index is 14.6. The van der Waals surface area contributed by atoms with Gasteiger partial charge >= 0.3 is 6.36 Å². The Morgan fingerprint density at radius 3 is 2.38 bits per heavy atom. The van der Waals surface area contributed by atoms with Gasteiger partial charge in [0.15, 0.2) is 11.6 Å². The van der Waals surface area contributed by atoms with Crippen LogP contribution in [0, 0.1) is 17.7 Å². The van der Waals surface area contributed by atoms with Crippen molar-refractivity contribution in [1.82, 2.24) is 0 Å². The van der Waals surface area contributed by atoms with Crippen LogP contribution < -0.4 is 9.47 Å². The zero-order valence-corrected chi connectivity index (χ0v) is 14.7. The predicted octanol–water partition coefficient (Wildman–Crippen LogP) is 6.50. The summed E-state index contributed by atoms with van der Waals surface area (Å²) in [7, 11) is 0. The molecular weight excluding hydrogens is 348 g/mol. The smallest absolute Gasteiger partial charge is 0.490 e. The number of allylic oxidation sites excluding steroid dienone is 1. The van der Waals surface area contributed by atoms with Crippen molar-refractivity contribution in [3.63, 3.8) is 0 Å². The molecule has 1 aromatic rings. The lowest BCUT2D eigenvalue weighted by molar-refractivity contribution is -0.276. The van der Waals surface area contributed by atoms with Gasteiger partial charge in [0.1, 0.15) is 0 Å². The highest BCUT2D eigenvalue weighted by atomic mass is 19.4. The number of rotatable bonds is 7. The van der Waals surface area contributed by atoms with Gasteiger partial charge in [-0.2, -0.15) is 0 Å². The van der Waals surface area contributed by atoms with Crippen LogP contribution in [0.15, 0.2) is 18.2 Å². The maximum absolute atomic E-state index is 14.6. The van der Waals surface area contributed by atoms with E-state index in [9.17, 15) is 17.6 Å². The van der Waals surface area contributed by atoms with Gasteiger partial charge in [-0.25, -0.2) is 4.39 Å². The second-order valence-electron chi connectivity index (χ2n) is 7.18. The van der Waals surface area contributed by atoms with E-state index in [0.29, 0.717) is 11.8 Å². The number of hydrogen-bond donors (Lipinski definition) is 0. The fourth-order valence-electron chi connectivity index (χ4n) is 3.51. The Labute approximate surface area is 151 Å². The second-order valence-corrected chi connectivity index (χ2v) is 7.18. The van der Waals surface area contributed by atoms with E-state index in [4.69, 9.17) is 4.74 Å². The molecule has 0 amide bonds. The summed E-state index contributed by atoms with van der Waals surface area (Å²) in [5.74, 6) is -1.19. The first kappa shape index (κ1) is 19.1. The van der Waals surface area contributed by atoms with Crippen LogP contribution in [0.3, 0.4) is 0 Å². The van der Waals surface area contributed by atoms with Crippen LogP contribution in [0.2, 0.25) is 0 Å². The van der Waals surface area contributed by atoms with Crippen molar-refractivity contribution >= 4 is 6.08 Å². The minimum Gasteiger partial charge on any atom is -0.490 e. The number of hydrogen-bond acceptors (Lipinski definition) is 2. The molecule has 0 N–H and O–H groups in total. The molecule has 0 heterocycles. The van der Waals surface area contributed by atoms with Gasteiger partial charge in [0.05, 0.1) is 6.61 Å². The third-order valence-corrected chi connectivity index (χ3v) is 5.26. The average molecular weight is 372 g/mol. The van der Waals surface area contributed by atoms with Crippen molar-refractivity contribution in [3.8, 4) is 11.5 Å². The zero-order chi connectivity index (χ0) is 18.6. The van der Waals surface area contributed by atoms with Crippen molar-refractivity contribution in [2.75, 3.05) is 6.61 Å². The van der Waals surface area contributed by atoms with Crippen molar-refractivity contribution in [3.05, 3.63) is 29.6 Å². The minimum absolute atomic E-state index is 0.0827. The molecule has 0 radical (unpaired) electrons. The third-order valence-electron chi connectivity index (χ3n) is 5.26. The van der Waals surface area contributed by atoms with Gasteiger partial charge in [-0.3, -0.25) is 0 Å². The topological polar surface area (TPSA) is 18.5 Å². The quantitative estimate of drug-likeness (QED) is 0.509. The van der Waals surface area contributed by atoms with E-state index in [1.54, 1.807) is 0 Å². The summed E-state index contributed by atoms with van der Waals surface area (Å²) in [4.78, 5) is 0. The van der Waals surface area contributed by atoms with E-state index < -0.39 is 17.9 Å². The van der Waals surface area contributed by atoms with Crippen LogP contribution in [0.1, 0.15) is 56.9 Å². The first-order valence-corrected chi connectivity index (χ1v) is 9.31. The lowest BCUT2D eigenvalue weighted by atomic mass is 9.85. The highest BCUT2D eigenvalue weighted by molar-refractivity contribution is 5.57. The van der Waals surface area contributed by atoms with E-state index in [2.05, 4.69) is 4.74 Å². The first-order valence-electron chi connectivity index (χ1n) is 9.31. The summed E-state index contributed by atoms with van der Waals surface area (Å²) in [6, 6.07) is 2.80. The normalized spacial score (nSPS) is 19.1. The lowest BCUT2D eigenvalue weighted by Gasteiger charge is -2.21. The van der Waals surface area contributed by atoms with E-state index in [1.807, 2.05) is 6.08 Å². The summed E-state index contributed by atoms with van der Waals surface area (Å²) in [6.07, 6.45) is 6.98. The highest BCUT2D eigenvalue weighted by Gasteiger charge is 2.34. The molecule has 0 unspecified atom stereocenters. The molecule has 0 atom stereocenters. The Balaban J connectivity index is 1.73. The Morgan fingerprint density at radius 2 is 1.77 bits per heavy atom. The molecule has 144 valence electrons. The van der Waals surface area contributed by atoms with Crippen LogP contribution in [0.25, 0.3) is 6.08 Å². The fraction of sp³-hybridized carbons (Fsp3) is 0.600. The number of alkyl halides is 3. The van der Waals surface area contributed by atoms with Gasteiger partial charge < -0.3 is 9.47 Å². The molecule has 0 aromatic heterocycles. The monoisotopic (exact) mass is 372 g/mol. The number of halogens is 4. The zero-order valence-electron chi connectivity index (χ0n) is 14.7. The minimum atomic E-state index is -4.97. The Morgan fingerprint density at radius 1 is 1.04 bits per heavy atom. The van der Waals surface area contributed by atoms with Gasteiger partial charge in [-0.1, -0.05) is 44.3 Å². The average Bonchev–Trinajstić information content (AvgIpc) is 3.03. The molecule has 3 rings (SSSR count). The van der Waals surface area contributed by atoms with Gasteiger partial charge in [0.2, 0.25) is 5.75 Å². The maximum Gasteiger partial charge on any atom is 0.573 e. The third kappa shape index (κ3) is 5.15. The second kappa shape index (κ2) is 8.31. The van der Waals surface area contributed by atoms with Crippen LogP contribution in [0.5, 0.6) is 11.5 Å². The Kier molecular flexibility index (Phi) is 6.09. The predicted molar refractivity (Wildman–Crippen MR) is 91.5 cm³/mol. The summed E-state index contributed by atoms with van der Waals surface area (Å²) in [5.41, 5.74) is 0.0827. The molecule has 2 aliphatic carbocycles. The molecular formula is C20H24F4O2. The summed E-state index contributed by atoms with van der Waals surface area (Å²) in [5, 5.41) is 0. The SMILES string of the molecule is Fc1c(/C=C/C2CCC2)ccc(OCCC2CCCC2)c1OC(F)(F)F. The molecule has 2 nitrogen and oxygen atoms in total. The summed E-state index contributed by atoms with van der Waals surface area (Å²) >= 11 is 0. The molecule has 1 aromatic carbocycles. The molecule has 0 aliphatic heterocycles. The van der Waals surface area contributed by atoms with Gasteiger partial charge in [0.25, 0.3) is 0 Å². The van der Waals surface area contributed by atoms with E-state index in [-0.39, 0.29) is 17.9 Å². The first-order chi connectivity index (χ1) is 12.4. The Hall–Kier alpha value is -1.72. The molecule has 26 heavy (non-hydrogen) atoms. The molecule has 0 saturated heterocycles. The molecule has 2 fully saturated rings. The number of ether oxygens (including phenoxy) is 2. The van der Waals surface area contributed by atoms with Crippen LogP contribution in [0.4, 0.5) is 17.6 Å². The van der Waals surface area contributed by atoms with Gasteiger partial charge in [-0.15, -0.1) is 13.2 Å². The van der Waals surface area contributed by atoms with Gasteiger partial charge in [-0.05, 0) is 43.2 Å². The largest absolute Gasteiger partial charge is 0.573 e. The van der Waals surface area contributed by atoms with Crippen molar-refractivity contribution < 1.29 is 27.0 Å². The summed E-state index contributed by atoms with van der Waals surface area (Å²) in [6.45, 7) is 0.260. The van der Waals surface area contributed by atoms with Crippen molar-refractivity contribution in [2.24, 2.45) is 11.8 Å². The molecule has 2 saturated carbocycles. The Bertz CT molecular complexity index is 629. The van der Waals surface area contributed by atoms with Crippen LogP contribution in [-0.2, 0) is 0 Å². The molecule has 0 bridgehead atoms. The highest BCUT2D eigenvalue weighted by Crippen LogP contribution is 2.38. The molecule has 6 heteroatoms. The standard InChI is InChI=1S/C20H24F4O2/c21-18-16(9-8-14-6-3-7-14)10-11-17(19(18)26-20(22,23)24)25-13-12-15-4-1-2-5-15/h8-11,14-15H,1-7,12-13H2/b9-8+.